The Bertz CT molecular complexity index is 1150. The molecule has 4 rings (SSSR count). The molecular weight excluding hydrogens is 420 g/mol. The third-order valence-electron chi connectivity index (χ3n) is 5.63. The molecule has 0 saturated heterocycles. The SMILES string of the molecule is CCOC(=O)c1c(NC(=O)C2CC2)c(-c2ccc(OC)c(OC)c2)cn1Cc1ccccc1. The van der Waals surface area contributed by atoms with Crippen LogP contribution in [-0.4, -0.2) is 37.3 Å². The number of aromatic nitrogens is 1. The summed E-state index contributed by atoms with van der Waals surface area (Å²) in [5.41, 5.74) is 3.30. The highest BCUT2D eigenvalue weighted by Crippen LogP contribution is 2.40. The molecular formula is C26H28N2O5. The molecule has 0 aliphatic heterocycles. The van der Waals surface area contributed by atoms with Gasteiger partial charge in [-0.1, -0.05) is 36.4 Å². The second-order valence-corrected chi connectivity index (χ2v) is 7.93. The van der Waals surface area contributed by atoms with E-state index < -0.39 is 5.97 Å². The van der Waals surface area contributed by atoms with Gasteiger partial charge in [-0.25, -0.2) is 4.79 Å². The van der Waals surface area contributed by atoms with Gasteiger partial charge < -0.3 is 24.1 Å². The summed E-state index contributed by atoms with van der Waals surface area (Å²) in [6.07, 6.45) is 3.59. The summed E-state index contributed by atoms with van der Waals surface area (Å²) in [6, 6.07) is 15.4. The van der Waals surface area contributed by atoms with Crippen LogP contribution in [0.3, 0.4) is 0 Å². The minimum absolute atomic E-state index is 0.0178. The van der Waals surface area contributed by atoms with Gasteiger partial charge in [-0.15, -0.1) is 0 Å². The number of methoxy groups -OCH3 is 2. The summed E-state index contributed by atoms with van der Waals surface area (Å²) in [7, 11) is 3.15. The Morgan fingerprint density at radius 1 is 1.03 bits per heavy atom. The first kappa shape index (κ1) is 22.5. The van der Waals surface area contributed by atoms with Crippen LogP contribution in [0.15, 0.2) is 54.7 Å². The summed E-state index contributed by atoms with van der Waals surface area (Å²) >= 11 is 0. The molecule has 3 aromatic rings. The molecule has 172 valence electrons. The molecule has 0 bridgehead atoms. The van der Waals surface area contributed by atoms with Gasteiger partial charge in [0.15, 0.2) is 17.2 Å². The van der Waals surface area contributed by atoms with Crippen molar-refractivity contribution in [3.63, 3.8) is 0 Å². The molecule has 1 saturated carbocycles. The topological polar surface area (TPSA) is 78.8 Å². The lowest BCUT2D eigenvalue weighted by Gasteiger charge is -2.13. The van der Waals surface area contributed by atoms with E-state index in [1.165, 1.54) is 0 Å². The Morgan fingerprint density at radius 2 is 1.76 bits per heavy atom. The van der Waals surface area contributed by atoms with Crippen LogP contribution in [0.4, 0.5) is 5.69 Å². The van der Waals surface area contributed by atoms with E-state index in [0.717, 1.165) is 24.0 Å². The van der Waals surface area contributed by atoms with Gasteiger partial charge in [-0.2, -0.15) is 0 Å². The lowest BCUT2D eigenvalue weighted by Crippen LogP contribution is -2.19. The number of nitrogens with zero attached hydrogens (tertiary/aromatic N) is 1. The van der Waals surface area contributed by atoms with Crippen LogP contribution >= 0.6 is 0 Å². The highest BCUT2D eigenvalue weighted by atomic mass is 16.5. The number of ether oxygens (including phenoxy) is 3. The molecule has 0 spiro atoms. The fourth-order valence-corrected chi connectivity index (χ4v) is 3.80. The van der Waals surface area contributed by atoms with Gasteiger partial charge in [0.1, 0.15) is 0 Å². The minimum Gasteiger partial charge on any atom is -0.493 e. The summed E-state index contributed by atoms with van der Waals surface area (Å²) in [5, 5.41) is 3.02. The van der Waals surface area contributed by atoms with Gasteiger partial charge in [-0.05, 0) is 43.0 Å². The van der Waals surface area contributed by atoms with E-state index in [0.29, 0.717) is 35.0 Å². The van der Waals surface area contributed by atoms with Crippen molar-refractivity contribution in [2.24, 2.45) is 5.92 Å². The predicted octanol–water partition coefficient (Wildman–Crippen LogP) is 4.75. The van der Waals surface area contributed by atoms with Gasteiger partial charge in [0.2, 0.25) is 5.91 Å². The van der Waals surface area contributed by atoms with Crippen molar-refractivity contribution >= 4 is 17.6 Å². The van der Waals surface area contributed by atoms with Crippen molar-refractivity contribution in [3.8, 4) is 22.6 Å². The maximum Gasteiger partial charge on any atom is 0.357 e. The van der Waals surface area contributed by atoms with E-state index in [-0.39, 0.29) is 18.4 Å². The van der Waals surface area contributed by atoms with Crippen LogP contribution in [0.2, 0.25) is 0 Å². The summed E-state index contributed by atoms with van der Waals surface area (Å²) < 4.78 is 18.1. The standard InChI is InChI=1S/C26H28N2O5/c1-4-33-26(30)24-23(27-25(29)18-10-11-18)20(16-28(24)15-17-8-6-5-7-9-17)19-12-13-21(31-2)22(14-19)32-3/h5-9,12-14,16,18H,4,10-11,15H2,1-3H3,(H,27,29). The van der Waals surface area contributed by atoms with E-state index in [9.17, 15) is 9.59 Å². The normalized spacial score (nSPS) is 12.8. The van der Waals surface area contributed by atoms with Crippen molar-refractivity contribution in [2.75, 3.05) is 26.1 Å². The van der Waals surface area contributed by atoms with Gasteiger partial charge in [0, 0.05) is 24.2 Å². The summed E-state index contributed by atoms with van der Waals surface area (Å²) in [4.78, 5) is 25.8. The van der Waals surface area contributed by atoms with Crippen molar-refractivity contribution in [2.45, 2.75) is 26.3 Å². The van der Waals surface area contributed by atoms with Crippen molar-refractivity contribution < 1.29 is 23.8 Å². The monoisotopic (exact) mass is 448 g/mol. The van der Waals surface area contributed by atoms with Crippen LogP contribution in [0, 0.1) is 5.92 Å². The molecule has 1 amide bonds. The molecule has 1 aliphatic rings. The molecule has 7 nitrogen and oxygen atoms in total. The van der Waals surface area contributed by atoms with Crippen LogP contribution in [0.1, 0.15) is 35.8 Å². The number of nitrogens with one attached hydrogen (secondary N) is 1. The zero-order valence-electron chi connectivity index (χ0n) is 19.1. The highest BCUT2D eigenvalue weighted by Gasteiger charge is 2.33. The fraction of sp³-hybridized carbons (Fsp3) is 0.308. The average molecular weight is 449 g/mol. The third-order valence-corrected chi connectivity index (χ3v) is 5.63. The zero-order valence-corrected chi connectivity index (χ0v) is 19.1. The van der Waals surface area contributed by atoms with Crippen LogP contribution in [-0.2, 0) is 16.1 Å². The Morgan fingerprint density at radius 3 is 2.39 bits per heavy atom. The lowest BCUT2D eigenvalue weighted by molar-refractivity contribution is -0.117. The van der Waals surface area contributed by atoms with Crippen molar-refractivity contribution in [1.82, 2.24) is 4.57 Å². The van der Waals surface area contributed by atoms with Crippen LogP contribution < -0.4 is 14.8 Å². The number of amides is 1. The Balaban J connectivity index is 1.87. The van der Waals surface area contributed by atoms with Crippen molar-refractivity contribution in [1.29, 1.82) is 0 Å². The Hall–Kier alpha value is -3.74. The van der Waals surface area contributed by atoms with E-state index in [2.05, 4.69) is 5.32 Å². The Labute approximate surface area is 193 Å². The number of rotatable bonds is 9. The summed E-state index contributed by atoms with van der Waals surface area (Å²) in [5.74, 6) is 0.573. The van der Waals surface area contributed by atoms with Crippen LogP contribution in [0.25, 0.3) is 11.1 Å². The largest absolute Gasteiger partial charge is 0.493 e. The van der Waals surface area contributed by atoms with Gasteiger partial charge >= 0.3 is 5.97 Å². The molecule has 2 aromatic carbocycles. The maximum absolute atomic E-state index is 13.1. The first-order valence-corrected chi connectivity index (χ1v) is 11.0. The molecule has 33 heavy (non-hydrogen) atoms. The predicted molar refractivity (Wildman–Crippen MR) is 126 cm³/mol. The molecule has 7 heteroatoms. The quantitative estimate of drug-likeness (QED) is 0.478. The highest BCUT2D eigenvalue weighted by molar-refractivity contribution is 6.06. The fourth-order valence-electron chi connectivity index (χ4n) is 3.80. The zero-order chi connectivity index (χ0) is 23.4. The number of carbonyl (C=O) groups is 2. The Kier molecular flexibility index (Phi) is 6.68. The second kappa shape index (κ2) is 9.81. The molecule has 0 unspecified atom stereocenters. The van der Waals surface area contributed by atoms with Gasteiger partial charge in [0.05, 0.1) is 26.5 Å². The molecule has 0 atom stereocenters. The smallest absolute Gasteiger partial charge is 0.357 e. The molecule has 1 aliphatic carbocycles. The average Bonchev–Trinajstić information content (AvgIpc) is 3.63. The molecule has 1 heterocycles. The summed E-state index contributed by atoms with van der Waals surface area (Å²) in [6.45, 7) is 2.45. The molecule has 1 fully saturated rings. The maximum atomic E-state index is 13.1. The number of carbonyl (C=O) groups excluding carboxylic acids is 2. The molecule has 1 aromatic heterocycles. The van der Waals surface area contributed by atoms with E-state index in [1.807, 2.05) is 53.2 Å². The van der Waals surface area contributed by atoms with E-state index in [4.69, 9.17) is 14.2 Å². The molecule has 1 N–H and O–H groups in total. The number of hydrogen-bond donors (Lipinski definition) is 1. The van der Waals surface area contributed by atoms with Gasteiger partial charge in [-0.3, -0.25) is 4.79 Å². The third kappa shape index (κ3) is 4.87. The first-order chi connectivity index (χ1) is 16.0. The molecule has 0 radical (unpaired) electrons. The number of esters is 1. The van der Waals surface area contributed by atoms with E-state index in [1.54, 1.807) is 27.2 Å². The number of hydrogen-bond acceptors (Lipinski definition) is 5. The minimum atomic E-state index is -0.480. The number of benzene rings is 2. The first-order valence-electron chi connectivity index (χ1n) is 11.0. The van der Waals surface area contributed by atoms with Crippen molar-refractivity contribution in [3.05, 3.63) is 66.0 Å². The van der Waals surface area contributed by atoms with Gasteiger partial charge in [0.25, 0.3) is 0 Å². The lowest BCUT2D eigenvalue weighted by atomic mass is 10.1. The van der Waals surface area contributed by atoms with Crippen LogP contribution in [0.5, 0.6) is 11.5 Å². The van der Waals surface area contributed by atoms with E-state index >= 15 is 0 Å². The second-order valence-electron chi connectivity index (χ2n) is 7.93. The number of anilines is 1.